The van der Waals surface area contributed by atoms with Crippen molar-refractivity contribution >= 4 is 23.1 Å². The molecule has 0 radical (unpaired) electrons. The van der Waals surface area contributed by atoms with Gasteiger partial charge in [0.1, 0.15) is 34.0 Å². The number of carbonyl (C=O) groups is 4. The summed E-state index contributed by atoms with van der Waals surface area (Å²) in [5.41, 5.74) is -2.22. The lowest BCUT2D eigenvalue weighted by Crippen LogP contribution is -2.66. The zero-order valence-corrected chi connectivity index (χ0v) is 19.1. The van der Waals surface area contributed by atoms with Crippen LogP contribution in [0.3, 0.4) is 0 Å². The van der Waals surface area contributed by atoms with Crippen LogP contribution in [0.4, 0.5) is 0 Å². The largest absolute Gasteiger partial charge is 0.299 e. The lowest BCUT2D eigenvalue weighted by molar-refractivity contribution is -0.167. The molecule has 0 bridgehead atoms. The van der Waals surface area contributed by atoms with Gasteiger partial charge in [-0.25, -0.2) is 0 Å². The number of ketones is 4. The van der Waals surface area contributed by atoms with E-state index in [2.05, 4.69) is 0 Å². The van der Waals surface area contributed by atoms with Gasteiger partial charge in [0.15, 0.2) is 0 Å². The molecule has 0 atom stereocenters. The summed E-state index contributed by atoms with van der Waals surface area (Å²) < 4.78 is 0. The molecular formula is C26H33NO4. The van der Waals surface area contributed by atoms with Crippen molar-refractivity contribution in [3.63, 3.8) is 0 Å². The van der Waals surface area contributed by atoms with E-state index in [0.29, 0.717) is 45.3 Å². The van der Waals surface area contributed by atoms with Gasteiger partial charge in [0.2, 0.25) is 0 Å². The molecule has 1 saturated heterocycles. The third kappa shape index (κ3) is 3.82. The summed E-state index contributed by atoms with van der Waals surface area (Å²) >= 11 is 0. The number of benzene rings is 1. The predicted molar refractivity (Wildman–Crippen MR) is 117 cm³/mol. The topological polar surface area (TPSA) is 71.5 Å². The van der Waals surface area contributed by atoms with Gasteiger partial charge in [0.05, 0.1) is 0 Å². The fourth-order valence-electron chi connectivity index (χ4n) is 6.00. The maximum Gasteiger partial charge on any atom is 0.148 e. The highest BCUT2D eigenvalue weighted by Gasteiger charge is 2.64. The quantitative estimate of drug-likeness (QED) is 0.677. The number of hydrogen-bond donors (Lipinski definition) is 0. The molecule has 1 heterocycles. The van der Waals surface area contributed by atoms with Crippen LogP contribution in [0, 0.1) is 21.7 Å². The first-order chi connectivity index (χ1) is 14.4. The number of piperidine rings is 1. The van der Waals surface area contributed by atoms with Crippen molar-refractivity contribution in [2.24, 2.45) is 21.7 Å². The van der Waals surface area contributed by atoms with E-state index in [0.717, 1.165) is 5.56 Å². The SMILES string of the molecule is CC1(C)CC(=O)C2(CN(Cc3ccccc3)CC3(C2)C(=O)CC(C)(C)CC3=O)C(=O)C1. The van der Waals surface area contributed by atoms with Crippen LogP contribution >= 0.6 is 0 Å². The molecular weight excluding hydrogens is 390 g/mol. The molecule has 5 heteroatoms. The summed E-state index contributed by atoms with van der Waals surface area (Å²) in [6.45, 7) is 8.86. The molecule has 1 aliphatic heterocycles. The first kappa shape index (κ1) is 22.1. The van der Waals surface area contributed by atoms with Crippen molar-refractivity contribution in [1.82, 2.24) is 4.90 Å². The van der Waals surface area contributed by atoms with Crippen molar-refractivity contribution in [2.45, 2.75) is 66.3 Å². The molecule has 1 aromatic rings. The summed E-state index contributed by atoms with van der Waals surface area (Å²) in [4.78, 5) is 56.0. The van der Waals surface area contributed by atoms with Crippen molar-refractivity contribution in [2.75, 3.05) is 13.1 Å². The molecule has 2 saturated carbocycles. The summed E-state index contributed by atoms with van der Waals surface area (Å²) in [6, 6.07) is 9.83. The van der Waals surface area contributed by atoms with E-state index >= 15 is 0 Å². The van der Waals surface area contributed by atoms with Crippen LogP contribution in [0.2, 0.25) is 0 Å². The molecule has 0 aromatic heterocycles. The van der Waals surface area contributed by atoms with Crippen LogP contribution in [0.1, 0.15) is 65.4 Å². The number of rotatable bonds is 2. The van der Waals surface area contributed by atoms with Crippen LogP contribution < -0.4 is 0 Å². The Hall–Kier alpha value is -2.14. The summed E-state index contributed by atoms with van der Waals surface area (Å²) in [6.07, 6.45) is 1.29. The van der Waals surface area contributed by atoms with E-state index in [1.54, 1.807) is 0 Å². The molecule has 5 nitrogen and oxygen atoms in total. The van der Waals surface area contributed by atoms with Crippen molar-refractivity contribution in [3.05, 3.63) is 35.9 Å². The standard InChI is InChI=1S/C26H33NO4/c1-23(2)10-19(28)25(20(29)11-23)15-26(21(30)12-24(3,4)13-22(26)31)17-27(16-25)14-18-8-6-5-7-9-18/h5-9H,10-17H2,1-4H3. The second-order valence-electron chi connectivity index (χ2n) is 11.7. The molecule has 0 amide bonds. The smallest absolute Gasteiger partial charge is 0.148 e. The highest BCUT2D eigenvalue weighted by Crippen LogP contribution is 2.53. The summed E-state index contributed by atoms with van der Waals surface area (Å²) in [7, 11) is 0. The molecule has 3 aliphatic rings. The van der Waals surface area contributed by atoms with Gasteiger partial charge in [-0.3, -0.25) is 24.1 Å². The highest BCUT2D eigenvalue weighted by molar-refractivity contribution is 6.15. The second kappa shape index (κ2) is 7.19. The zero-order valence-electron chi connectivity index (χ0n) is 19.1. The molecule has 2 spiro atoms. The van der Waals surface area contributed by atoms with Gasteiger partial charge >= 0.3 is 0 Å². The summed E-state index contributed by atoms with van der Waals surface area (Å²) in [5.74, 6) is -0.403. The van der Waals surface area contributed by atoms with E-state index in [9.17, 15) is 19.2 Å². The van der Waals surface area contributed by atoms with E-state index in [4.69, 9.17) is 0 Å². The van der Waals surface area contributed by atoms with Crippen LogP contribution in [0.15, 0.2) is 30.3 Å². The Morgan fingerprint density at radius 3 is 1.45 bits per heavy atom. The van der Waals surface area contributed by atoms with Gasteiger partial charge in [-0.2, -0.15) is 0 Å². The predicted octanol–water partition coefficient (Wildman–Crippen LogP) is 3.78. The first-order valence-electron chi connectivity index (χ1n) is 11.3. The number of carbonyl (C=O) groups excluding carboxylic acids is 4. The van der Waals surface area contributed by atoms with Crippen LogP contribution in [-0.4, -0.2) is 41.1 Å². The average molecular weight is 424 g/mol. The maximum atomic E-state index is 13.5. The Kier molecular flexibility index (Phi) is 5.12. The first-order valence-corrected chi connectivity index (χ1v) is 11.3. The fraction of sp³-hybridized carbons (Fsp3) is 0.615. The van der Waals surface area contributed by atoms with Gasteiger partial charge in [-0.15, -0.1) is 0 Å². The Morgan fingerprint density at radius 1 is 0.677 bits per heavy atom. The number of nitrogens with zero attached hydrogens (tertiary/aromatic N) is 1. The fourth-order valence-corrected chi connectivity index (χ4v) is 6.00. The Bertz CT molecular complexity index is 847. The molecule has 166 valence electrons. The van der Waals surface area contributed by atoms with Gasteiger partial charge in [0.25, 0.3) is 0 Å². The lowest BCUT2D eigenvalue weighted by Gasteiger charge is -2.54. The monoisotopic (exact) mass is 423 g/mol. The normalized spacial score (nSPS) is 27.1. The molecule has 4 rings (SSSR count). The van der Waals surface area contributed by atoms with E-state index in [-0.39, 0.29) is 40.4 Å². The van der Waals surface area contributed by atoms with E-state index < -0.39 is 10.8 Å². The van der Waals surface area contributed by atoms with Crippen LogP contribution in [-0.2, 0) is 25.7 Å². The Labute approximate surface area is 184 Å². The van der Waals surface area contributed by atoms with Gasteiger partial charge in [0, 0.05) is 45.3 Å². The van der Waals surface area contributed by atoms with Crippen LogP contribution in [0.5, 0.6) is 0 Å². The maximum absolute atomic E-state index is 13.5. The minimum Gasteiger partial charge on any atom is -0.299 e. The van der Waals surface area contributed by atoms with Gasteiger partial charge < -0.3 is 0 Å². The van der Waals surface area contributed by atoms with E-state index in [1.807, 2.05) is 62.9 Å². The number of Topliss-reactive ketones (excluding diaryl/α,β-unsaturated/α-hetero) is 4. The Balaban J connectivity index is 1.76. The lowest BCUT2D eigenvalue weighted by atomic mass is 9.51. The molecule has 1 aromatic carbocycles. The minimum absolute atomic E-state index is 0.0623. The number of likely N-dealkylation sites (tertiary alicyclic amines) is 1. The molecule has 2 aliphatic carbocycles. The Morgan fingerprint density at radius 2 is 1.06 bits per heavy atom. The number of hydrogen-bond acceptors (Lipinski definition) is 5. The van der Waals surface area contributed by atoms with Crippen molar-refractivity contribution in [3.8, 4) is 0 Å². The van der Waals surface area contributed by atoms with Crippen molar-refractivity contribution in [1.29, 1.82) is 0 Å². The van der Waals surface area contributed by atoms with Gasteiger partial charge in [-0.05, 0) is 22.8 Å². The van der Waals surface area contributed by atoms with Crippen molar-refractivity contribution < 1.29 is 19.2 Å². The molecule has 31 heavy (non-hydrogen) atoms. The summed E-state index contributed by atoms with van der Waals surface area (Å²) in [5, 5.41) is 0. The van der Waals surface area contributed by atoms with Crippen LogP contribution in [0.25, 0.3) is 0 Å². The molecule has 3 fully saturated rings. The molecule has 0 N–H and O–H groups in total. The minimum atomic E-state index is -1.25. The van der Waals surface area contributed by atoms with Gasteiger partial charge in [-0.1, -0.05) is 58.0 Å². The second-order valence-corrected chi connectivity index (χ2v) is 11.7. The average Bonchev–Trinajstić information content (AvgIpc) is 2.64. The third-order valence-corrected chi connectivity index (χ3v) is 7.53. The molecule has 0 unspecified atom stereocenters. The highest BCUT2D eigenvalue weighted by atomic mass is 16.2. The third-order valence-electron chi connectivity index (χ3n) is 7.53. The van der Waals surface area contributed by atoms with E-state index in [1.165, 1.54) is 0 Å². The zero-order chi connectivity index (χ0) is 22.7.